The van der Waals surface area contributed by atoms with Gasteiger partial charge in [0, 0.05) is 12.6 Å². The van der Waals surface area contributed by atoms with Crippen molar-refractivity contribution in [2.75, 3.05) is 20.2 Å². The van der Waals surface area contributed by atoms with Gasteiger partial charge in [0.15, 0.2) is 0 Å². The molecule has 1 amide bonds. The van der Waals surface area contributed by atoms with Crippen LogP contribution < -0.4 is 0 Å². The van der Waals surface area contributed by atoms with E-state index in [0.29, 0.717) is 0 Å². The van der Waals surface area contributed by atoms with E-state index in [0.717, 1.165) is 4.90 Å². The van der Waals surface area contributed by atoms with Gasteiger partial charge in [-0.1, -0.05) is 17.7 Å². The Morgan fingerprint density at radius 3 is 2.60 bits per heavy atom. The normalized spacial score (nSPS) is 9.95. The van der Waals surface area contributed by atoms with Crippen molar-refractivity contribution in [1.82, 2.24) is 4.90 Å². The maximum atomic E-state index is 12.3. The minimum atomic E-state index is -0.689. The third-order valence-corrected chi connectivity index (χ3v) is 2.93. The molecule has 1 aromatic carbocycles. The monoisotopic (exact) mass is 300 g/mol. The number of nitro benzene ring substituents is 1. The number of esters is 1. The first-order valence-electron chi connectivity index (χ1n) is 5.71. The van der Waals surface area contributed by atoms with Crippen LogP contribution in [-0.2, 0) is 9.53 Å². The Kier molecular flexibility index (Phi) is 5.45. The standard InChI is InChI=1S/C12H13ClN2O5/c1-3-14(7-10(16)20-2)12(17)11-8(13)5-4-6-9(11)15(18)19/h4-6H,3,7H2,1-2H3. The fourth-order valence-corrected chi connectivity index (χ4v) is 1.83. The van der Waals surface area contributed by atoms with Gasteiger partial charge in [0.25, 0.3) is 11.6 Å². The van der Waals surface area contributed by atoms with Gasteiger partial charge in [0.1, 0.15) is 12.1 Å². The number of hydrogen-bond acceptors (Lipinski definition) is 5. The average molecular weight is 301 g/mol. The molecule has 0 fully saturated rings. The first-order valence-corrected chi connectivity index (χ1v) is 6.09. The molecule has 0 spiro atoms. The molecule has 0 bridgehead atoms. The number of nitro groups is 1. The van der Waals surface area contributed by atoms with E-state index in [2.05, 4.69) is 4.74 Å². The van der Waals surface area contributed by atoms with Gasteiger partial charge in [0.05, 0.1) is 17.1 Å². The van der Waals surface area contributed by atoms with E-state index in [1.165, 1.54) is 25.3 Å². The SMILES string of the molecule is CCN(CC(=O)OC)C(=O)c1c(Cl)cccc1[N+](=O)[O-]. The number of halogens is 1. The smallest absolute Gasteiger partial charge is 0.325 e. The molecular formula is C12H13ClN2O5. The number of hydrogen-bond donors (Lipinski definition) is 0. The van der Waals surface area contributed by atoms with E-state index in [4.69, 9.17) is 11.6 Å². The Morgan fingerprint density at radius 1 is 1.45 bits per heavy atom. The number of ether oxygens (including phenoxy) is 1. The van der Waals surface area contributed by atoms with Gasteiger partial charge in [-0.3, -0.25) is 19.7 Å². The Hall–Kier alpha value is -2.15. The Balaban J connectivity index is 3.19. The summed E-state index contributed by atoms with van der Waals surface area (Å²) >= 11 is 5.87. The molecule has 0 saturated heterocycles. The number of benzene rings is 1. The highest BCUT2D eigenvalue weighted by Crippen LogP contribution is 2.27. The Morgan fingerprint density at radius 2 is 2.10 bits per heavy atom. The molecule has 0 aliphatic heterocycles. The molecule has 0 saturated carbocycles. The van der Waals surface area contributed by atoms with Gasteiger partial charge >= 0.3 is 5.97 Å². The Labute approximate surface area is 120 Å². The van der Waals surface area contributed by atoms with Crippen LogP contribution in [0, 0.1) is 10.1 Å². The van der Waals surface area contributed by atoms with E-state index in [1.54, 1.807) is 6.92 Å². The zero-order valence-corrected chi connectivity index (χ0v) is 11.7. The number of likely N-dealkylation sites (N-methyl/N-ethyl adjacent to an activating group) is 1. The molecule has 7 nitrogen and oxygen atoms in total. The van der Waals surface area contributed by atoms with Crippen LogP contribution in [0.25, 0.3) is 0 Å². The first-order chi connectivity index (χ1) is 9.42. The lowest BCUT2D eigenvalue weighted by molar-refractivity contribution is -0.385. The lowest BCUT2D eigenvalue weighted by Crippen LogP contribution is -2.36. The van der Waals surface area contributed by atoms with Crippen LogP contribution in [0.5, 0.6) is 0 Å². The lowest BCUT2D eigenvalue weighted by atomic mass is 10.1. The van der Waals surface area contributed by atoms with E-state index in [9.17, 15) is 19.7 Å². The molecule has 1 rings (SSSR count). The van der Waals surface area contributed by atoms with E-state index < -0.39 is 22.5 Å². The van der Waals surface area contributed by atoms with Crippen molar-refractivity contribution in [3.63, 3.8) is 0 Å². The quantitative estimate of drug-likeness (QED) is 0.470. The van der Waals surface area contributed by atoms with Crippen molar-refractivity contribution in [1.29, 1.82) is 0 Å². The van der Waals surface area contributed by atoms with Crippen molar-refractivity contribution in [3.05, 3.63) is 38.9 Å². The number of carbonyl (C=O) groups is 2. The van der Waals surface area contributed by atoms with Crippen LogP contribution in [0.1, 0.15) is 17.3 Å². The zero-order valence-electron chi connectivity index (χ0n) is 11.0. The summed E-state index contributed by atoms with van der Waals surface area (Å²) in [5.41, 5.74) is -0.629. The summed E-state index contributed by atoms with van der Waals surface area (Å²) in [5, 5.41) is 10.9. The fraction of sp³-hybridized carbons (Fsp3) is 0.333. The summed E-state index contributed by atoms with van der Waals surface area (Å²) in [6.45, 7) is 1.54. The average Bonchev–Trinajstić information content (AvgIpc) is 2.43. The predicted molar refractivity (Wildman–Crippen MR) is 71.7 cm³/mol. The fourth-order valence-electron chi connectivity index (χ4n) is 1.58. The molecule has 8 heteroatoms. The minimum absolute atomic E-state index is 0.0347. The van der Waals surface area contributed by atoms with Gasteiger partial charge in [-0.15, -0.1) is 0 Å². The lowest BCUT2D eigenvalue weighted by Gasteiger charge is -2.19. The highest BCUT2D eigenvalue weighted by Gasteiger charge is 2.27. The van der Waals surface area contributed by atoms with Crippen molar-refractivity contribution >= 4 is 29.2 Å². The van der Waals surface area contributed by atoms with Crippen LogP contribution in [0.4, 0.5) is 5.69 Å². The van der Waals surface area contributed by atoms with Crippen LogP contribution >= 0.6 is 11.6 Å². The van der Waals surface area contributed by atoms with Crippen LogP contribution in [0.15, 0.2) is 18.2 Å². The highest BCUT2D eigenvalue weighted by atomic mass is 35.5. The van der Waals surface area contributed by atoms with Gasteiger partial charge in [-0.05, 0) is 13.0 Å². The molecule has 0 aromatic heterocycles. The van der Waals surface area contributed by atoms with E-state index in [-0.39, 0.29) is 23.7 Å². The first kappa shape index (κ1) is 15.9. The number of rotatable bonds is 5. The van der Waals surface area contributed by atoms with Crippen LogP contribution in [-0.4, -0.2) is 41.9 Å². The third-order valence-electron chi connectivity index (χ3n) is 2.62. The summed E-state index contributed by atoms with van der Waals surface area (Å²) in [7, 11) is 1.19. The van der Waals surface area contributed by atoms with Crippen LogP contribution in [0.2, 0.25) is 5.02 Å². The molecule has 0 aliphatic rings. The van der Waals surface area contributed by atoms with Crippen molar-refractivity contribution in [2.45, 2.75) is 6.92 Å². The number of carbonyl (C=O) groups excluding carboxylic acids is 2. The van der Waals surface area contributed by atoms with E-state index >= 15 is 0 Å². The maximum Gasteiger partial charge on any atom is 0.325 e. The summed E-state index contributed by atoms with van der Waals surface area (Å²) in [5.74, 6) is -1.30. The van der Waals surface area contributed by atoms with E-state index in [1.807, 2.05) is 0 Å². The number of methoxy groups -OCH3 is 1. The molecular weight excluding hydrogens is 288 g/mol. The predicted octanol–water partition coefficient (Wildman–Crippen LogP) is 1.88. The minimum Gasteiger partial charge on any atom is -0.468 e. The topological polar surface area (TPSA) is 89.8 Å². The largest absolute Gasteiger partial charge is 0.468 e. The Bertz CT molecular complexity index is 547. The molecule has 0 unspecified atom stereocenters. The molecule has 0 N–H and O–H groups in total. The van der Waals surface area contributed by atoms with Crippen molar-refractivity contribution < 1.29 is 19.2 Å². The van der Waals surface area contributed by atoms with Crippen molar-refractivity contribution in [2.24, 2.45) is 0 Å². The molecule has 0 heterocycles. The van der Waals surface area contributed by atoms with Gasteiger partial charge in [-0.2, -0.15) is 0 Å². The number of amides is 1. The molecule has 20 heavy (non-hydrogen) atoms. The van der Waals surface area contributed by atoms with Crippen molar-refractivity contribution in [3.8, 4) is 0 Å². The van der Waals surface area contributed by atoms with Gasteiger partial charge in [0.2, 0.25) is 0 Å². The van der Waals surface area contributed by atoms with Gasteiger partial charge in [-0.25, -0.2) is 0 Å². The second kappa shape index (κ2) is 6.85. The summed E-state index contributed by atoms with van der Waals surface area (Å²) < 4.78 is 4.48. The second-order valence-corrected chi connectivity index (χ2v) is 4.19. The summed E-state index contributed by atoms with van der Waals surface area (Å²) in [6, 6.07) is 3.95. The second-order valence-electron chi connectivity index (χ2n) is 3.79. The molecule has 0 radical (unpaired) electrons. The molecule has 0 atom stereocenters. The third kappa shape index (κ3) is 3.45. The van der Waals surface area contributed by atoms with Crippen LogP contribution in [0.3, 0.4) is 0 Å². The zero-order chi connectivity index (χ0) is 15.3. The van der Waals surface area contributed by atoms with Gasteiger partial charge < -0.3 is 9.64 Å². The molecule has 0 aliphatic carbocycles. The number of nitrogens with zero attached hydrogens (tertiary/aromatic N) is 2. The molecule has 1 aromatic rings. The summed E-state index contributed by atoms with van der Waals surface area (Å²) in [6.07, 6.45) is 0. The molecule has 108 valence electrons. The highest BCUT2D eigenvalue weighted by molar-refractivity contribution is 6.34. The summed E-state index contributed by atoms with van der Waals surface area (Å²) in [4.78, 5) is 34.9. The maximum absolute atomic E-state index is 12.3.